The molecule has 0 saturated carbocycles. The van der Waals surface area contributed by atoms with Crippen molar-refractivity contribution in [3.63, 3.8) is 0 Å². The molecule has 35 heavy (non-hydrogen) atoms. The minimum atomic E-state index is 0.593. The molecule has 0 unspecified atom stereocenters. The van der Waals surface area contributed by atoms with Gasteiger partial charge in [0.25, 0.3) is 0 Å². The molecule has 0 aliphatic heterocycles. The number of nitrogens with one attached hydrogen (secondary N) is 2. The number of fused-ring (bicyclic) bond motifs is 2. The normalized spacial score (nSPS) is 11.6. The van der Waals surface area contributed by atoms with Gasteiger partial charge < -0.3 is 14.6 Å². The van der Waals surface area contributed by atoms with Crippen molar-refractivity contribution in [1.82, 2.24) is 40.0 Å². The summed E-state index contributed by atoms with van der Waals surface area (Å²) in [4.78, 5) is 23.8. The summed E-state index contributed by atoms with van der Waals surface area (Å²) < 4.78 is 5.86. The van der Waals surface area contributed by atoms with Crippen LogP contribution in [0.1, 0.15) is 0 Å². The van der Waals surface area contributed by atoms with E-state index in [1.807, 2.05) is 49.9 Å². The molecule has 0 spiro atoms. The van der Waals surface area contributed by atoms with Gasteiger partial charge in [0.1, 0.15) is 23.6 Å². The predicted octanol–water partition coefficient (Wildman–Crippen LogP) is 4.63. The van der Waals surface area contributed by atoms with Gasteiger partial charge in [-0.3, -0.25) is 15.1 Å². The highest BCUT2D eigenvalue weighted by Gasteiger charge is 2.17. The Morgan fingerprint density at radius 3 is 2.77 bits per heavy atom. The lowest BCUT2D eigenvalue weighted by Crippen LogP contribution is -2.19. The SMILES string of the molecule is CN(C)CCOc1cncc(-c2cnc3[nH]nc(-c4nc5c(-c6ccsc6)nccc5[nH]4)c3c2)c1. The predicted molar refractivity (Wildman–Crippen MR) is 137 cm³/mol. The molecular weight excluding hydrogens is 460 g/mol. The van der Waals surface area contributed by atoms with E-state index in [1.54, 1.807) is 29.9 Å². The fourth-order valence-electron chi connectivity index (χ4n) is 3.90. The van der Waals surface area contributed by atoms with Crippen LogP contribution >= 0.6 is 11.3 Å². The van der Waals surface area contributed by atoms with Crippen molar-refractivity contribution in [2.24, 2.45) is 0 Å². The number of H-pyrrole nitrogens is 2. The van der Waals surface area contributed by atoms with Crippen molar-refractivity contribution in [3.05, 3.63) is 59.8 Å². The van der Waals surface area contributed by atoms with E-state index in [2.05, 4.69) is 40.4 Å². The molecule has 174 valence electrons. The van der Waals surface area contributed by atoms with Crippen LogP contribution in [0, 0.1) is 0 Å². The molecule has 0 atom stereocenters. The number of aromatic amines is 2. The van der Waals surface area contributed by atoms with E-state index in [4.69, 9.17) is 9.72 Å². The van der Waals surface area contributed by atoms with Crippen LogP contribution in [0.5, 0.6) is 5.75 Å². The van der Waals surface area contributed by atoms with Gasteiger partial charge in [0, 0.05) is 47.2 Å². The number of thiophene rings is 1. The summed E-state index contributed by atoms with van der Waals surface area (Å²) in [6, 6.07) is 8.00. The van der Waals surface area contributed by atoms with Crippen molar-refractivity contribution in [3.8, 4) is 39.7 Å². The average Bonchev–Trinajstić information content (AvgIpc) is 3.62. The van der Waals surface area contributed by atoms with Gasteiger partial charge in [0.15, 0.2) is 11.5 Å². The zero-order valence-electron chi connectivity index (χ0n) is 19.2. The van der Waals surface area contributed by atoms with E-state index in [0.717, 1.165) is 51.1 Å². The first-order chi connectivity index (χ1) is 17.2. The number of aromatic nitrogens is 7. The molecule has 0 radical (unpaired) electrons. The van der Waals surface area contributed by atoms with Gasteiger partial charge in [-0.25, -0.2) is 9.97 Å². The minimum Gasteiger partial charge on any atom is -0.491 e. The number of nitrogens with zero attached hydrogens (tertiary/aromatic N) is 6. The minimum absolute atomic E-state index is 0.593. The molecule has 0 aliphatic rings. The summed E-state index contributed by atoms with van der Waals surface area (Å²) in [7, 11) is 4.03. The number of imidazole rings is 1. The fraction of sp³-hybridized carbons (Fsp3) is 0.160. The Balaban J connectivity index is 1.38. The number of hydrogen-bond acceptors (Lipinski definition) is 8. The second-order valence-electron chi connectivity index (χ2n) is 8.41. The van der Waals surface area contributed by atoms with E-state index in [9.17, 15) is 0 Å². The molecule has 9 nitrogen and oxygen atoms in total. The lowest BCUT2D eigenvalue weighted by molar-refractivity contribution is 0.261. The van der Waals surface area contributed by atoms with Crippen molar-refractivity contribution >= 4 is 33.4 Å². The molecule has 0 bridgehead atoms. The second kappa shape index (κ2) is 8.90. The van der Waals surface area contributed by atoms with Crippen molar-refractivity contribution in [2.75, 3.05) is 27.2 Å². The van der Waals surface area contributed by atoms with Gasteiger partial charge in [-0.1, -0.05) is 0 Å². The number of likely N-dealkylation sites (N-methyl/N-ethyl adjacent to an activating group) is 1. The Morgan fingerprint density at radius 2 is 1.91 bits per heavy atom. The first kappa shape index (κ1) is 21.4. The third kappa shape index (κ3) is 4.13. The topological polar surface area (TPSA) is 108 Å². The van der Waals surface area contributed by atoms with Crippen LogP contribution in [-0.2, 0) is 0 Å². The van der Waals surface area contributed by atoms with Crippen LogP contribution in [0.15, 0.2) is 59.8 Å². The zero-order valence-corrected chi connectivity index (χ0v) is 20.0. The Morgan fingerprint density at radius 1 is 1.00 bits per heavy atom. The molecule has 0 amide bonds. The maximum Gasteiger partial charge on any atom is 0.159 e. The molecular formula is C25H22N8OS. The van der Waals surface area contributed by atoms with Crippen LogP contribution in [0.25, 0.3) is 56.0 Å². The zero-order chi connectivity index (χ0) is 23.8. The van der Waals surface area contributed by atoms with E-state index in [0.29, 0.717) is 23.8 Å². The number of pyridine rings is 3. The van der Waals surface area contributed by atoms with Crippen molar-refractivity contribution < 1.29 is 4.74 Å². The Bertz CT molecular complexity index is 1620. The molecule has 6 heterocycles. The smallest absolute Gasteiger partial charge is 0.159 e. The van der Waals surface area contributed by atoms with Crippen molar-refractivity contribution in [2.45, 2.75) is 0 Å². The number of ether oxygens (including phenoxy) is 1. The largest absolute Gasteiger partial charge is 0.491 e. The van der Waals surface area contributed by atoms with Gasteiger partial charge in [-0.15, -0.1) is 0 Å². The second-order valence-corrected chi connectivity index (χ2v) is 9.19. The lowest BCUT2D eigenvalue weighted by atomic mass is 10.1. The molecule has 0 saturated heterocycles. The monoisotopic (exact) mass is 482 g/mol. The van der Waals surface area contributed by atoms with Gasteiger partial charge in [0.2, 0.25) is 0 Å². The third-order valence-corrected chi connectivity index (χ3v) is 6.37. The molecule has 6 aromatic rings. The van der Waals surface area contributed by atoms with Gasteiger partial charge in [0.05, 0.1) is 22.8 Å². The third-order valence-electron chi connectivity index (χ3n) is 5.69. The van der Waals surface area contributed by atoms with Gasteiger partial charge in [-0.2, -0.15) is 16.4 Å². The molecule has 0 aliphatic carbocycles. The molecule has 6 rings (SSSR count). The summed E-state index contributed by atoms with van der Waals surface area (Å²) in [5.74, 6) is 1.39. The standard InChI is InChI=1S/C25H22N8OS/c1-33(2)6-7-34-18-9-16(11-26-13-18)17-10-19-22(31-32-24(19)28-12-17)25-29-20-3-5-27-21(23(20)30-25)15-4-8-35-14-15/h3-5,8-14H,6-7H2,1-2H3,(H,29,30)(H,28,31,32). The number of hydrogen-bond donors (Lipinski definition) is 2. The maximum absolute atomic E-state index is 5.86. The molecule has 0 fully saturated rings. The summed E-state index contributed by atoms with van der Waals surface area (Å²) in [6.07, 6.45) is 7.13. The van der Waals surface area contributed by atoms with Crippen LogP contribution in [0.3, 0.4) is 0 Å². The van der Waals surface area contributed by atoms with Crippen LogP contribution in [0.2, 0.25) is 0 Å². The van der Waals surface area contributed by atoms with Crippen molar-refractivity contribution in [1.29, 1.82) is 0 Å². The van der Waals surface area contributed by atoms with Crippen LogP contribution in [-0.4, -0.2) is 67.3 Å². The Labute approximate surface area is 204 Å². The maximum atomic E-state index is 5.86. The highest BCUT2D eigenvalue weighted by molar-refractivity contribution is 7.08. The summed E-state index contributed by atoms with van der Waals surface area (Å²) in [6.45, 7) is 1.42. The fourth-order valence-corrected chi connectivity index (χ4v) is 4.54. The van der Waals surface area contributed by atoms with Crippen LogP contribution < -0.4 is 4.74 Å². The molecule has 6 aromatic heterocycles. The summed E-state index contributed by atoms with van der Waals surface area (Å²) in [5, 5.41) is 12.5. The quantitative estimate of drug-likeness (QED) is 0.342. The Kier molecular flexibility index (Phi) is 5.44. The van der Waals surface area contributed by atoms with E-state index >= 15 is 0 Å². The molecule has 2 N–H and O–H groups in total. The highest BCUT2D eigenvalue weighted by atomic mass is 32.1. The molecule has 0 aromatic carbocycles. The highest BCUT2D eigenvalue weighted by Crippen LogP contribution is 2.32. The molecule has 10 heteroatoms. The number of rotatable bonds is 7. The lowest BCUT2D eigenvalue weighted by Gasteiger charge is -2.11. The summed E-state index contributed by atoms with van der Waals surface area (Å²) in [5.41, 5.74) is 6.85. The van der Waals surface area contributed by atoms with Gasteiger partial charge in [-0.05, 0) is 43.7 Å². The first-order valence-electron chi connectivity index (χ1n) is 11.1. The van der Waals surface area contributed by atoms with E-state index < -0.39 is 0 Å². The van der Waals surface area contributed by atoms with E-state index in [1.165, 1.54) is 0 Å². The van der Waals surface area contributed by atoms with Gasteiger partial charge >= 0.3 is 0 Å². The average molecular weight is 483 g/mol. The summed E-state index contributed by atoms with van der Waals surface area (Å²) >= 11 is 1.64. The first-order valence-corrected chi connectivity index (χ1v) is 12.0. The Hall–Kier alpha value is -4.15. The van der Waals surface area contributed by atoms with E-state index in [-0.39, 0.29) is 0 Å². The van der Waals surface area contributed by atoms with Crippen LogP contribution in [0.4, 0.5) is 0 Å².